The average Bonchev–Trinajstić information content (AvgIpc) is 2.90. The minimum Gasteiger partial charge on any atom is -0.444 e. The van der Waals surface area contributed by atoms with Crippen molar-refractivity contribution in [3.8, 4) is 0 Å². The number of hydrogen-bond donors (Lipinski definition) is 2. The van der Waals surface area contributed by atoms with Crippen LogP contribution >= 0.6 is 0 Å². The summed E-state index contributed by atoms with van der Waals surface area (Å²) in [6.07, 6.45) is 0.419. The Kier molecular flexibility index (Phi) is 8.14. The highest BCUT2D eigenvalue weighted by Gasteiger charge is 2.34. The number of anilines is 1. The van der Waals surface area contributed by atoms with Crippen LogP contribution in [0.3, 0.4) is 0 Å². The van der Waals surface area contributed by atoms with E-state index < -0.39 is 35.5 Å². The van der Waals surface area contributed by atoms with Crippen molar-refractivity contribution < 1.29 is 23.5 Å². The molecule has 2 aromatic carbocycles. The first kappa shape index (κ1) is 26.2. The average molecular weight is 484 g/mol. The van der Waals surface area contributed by atoms with Crippen molar-refractivity contribution in [2.75, 3.05) is 4.90 Å². The van der Waals surface area contributed by atoms with Crippen molar-refractivity contribution in [2.45, 2.75) is 77.6 Å². The Morgan fingerprint density at radius 1 is 1.11 bits per heavy atom. The normalized spacial score (nSPS) is 16.8. The van der Waals surface area contributed by atoms with Gasteiger partial charge in [0.1, 0.15) is 23.5 Å². The highest BCUT2D eigenvalue weighted by atomic mass is 19.1. The van der Waals surface area contributed by atoms with Gasteiger partial charge in [-0.1, -0.05) is 30.3 Å². The first-order valence-electron chi connectivity index (χ1n) is 11.9. The maximum absolute atomic E-state index is 13.5. The lowest BCUT2D eigenvalue weighted by Crippen LogP contribution is -2.56. The van der Waals surface area contributed by atoms with Crippen LogP contribution in [-0.2, 0) is 27.2 Å². The molecule has 35 heavy (non-hydrogen) atoms. The second-order valence-corrected chi connectivity index (χ2v) is 10.1. The van der Waals surface area contributed by atoms with E-state index in [-0.39, 0.29) is 18.4 Å². The summed E-state index contributed by atoms with van der Waals surface area (Å²) in [5.74, 6) is -1.10. The van der Waals surface area contributed by atoms with E-state index in [0.29, 0.717) is 18.4 Å². The Morgan fingerprint density at radius 2 is 1.77 bits per heavy atom. The number of nitrogens with one attached hydrogen (secondary N) is 2. The molecule has 1 aliphatic rings. The number of hydrogen-bond acceptors (Lipinski definition) is 4. The third kappa shape index (κ3) is 7.04. The molecule has 0 saturated carbocycles. The zero-order chi connectivity index (χ0) is 25.8. The Hall–Kier alpha value is -3.42. The predicted molar refractivity (Wildman–Crippen MR) is 133 cm³/mol. The van der Waals surface area contributed by atoms with Gasteiger partial charge in [0.2, 0.25) is 11.8 Å². The van der Waals surface area contributed by atoms with Crippen molar-refractivity contribution >= 4 is 23.6 Å². The first-order chi connectivity index (χ1) is 16.4. The molecule has 0 saturated heterocycles. The van der Waals surface area contributed by atoms with Gasteiger partial charge in [-0.25, -0.2) is 9.18 Å². The molecular formula is C27H34FN3O4. The number of aryl methyl sites for hydroxylation is 1. The monoisotopic (exact) mass is 483 g/mol. The van der Waals surface area contributed by atoms with Crippen LogP contribution < -0.4 is 15.5 Å². The van der Waals surface area contributed by atoms with Gasteiger partial charge in [0.25, 0.3) is 0 Å². The van der Waals surface area contributed by atoms with Crippen LogP contribution in [0.2, 0.25) is 0 Å². The Labute approximate surface area is 206 Å². The van der Waals surface area contributed by atoms with Gasteiger partial charge in [0, 0.05) is 18.2 Å². The van der Waals surface area contributed by atoms with Gasteiger partial charge in [-0.05, 0) is 76.8 Å². The number of ether oxygens (including phenoxy) is 1. The molecule has 0 spiro atoms. The summed E-state index contributed by atoms with van der Waals surface area (Å²) in [6.45, 7) is 9.04. The minimum atomic E-state index is -1.01. The van der Waals surface area contributed by atoms with Gasteiger partial charge < -0.3 is 20.3 Å². The van der Waals surface area contributed by atoms with Crippen molar-refractivity contribution in [1.82, 2.24) is 10.6 Å². The van der Waals surface area contributed by atoms with Crippen LogP contribution in [-0.4, -0.2) is 41.6 Å². The molecule has 0 bridgehead atoms. The summed E-state index contributed by atoms with van der Waals surface area (Å²) in [7, 11) is 0. The number of rotatable bonds is 6. The van der Waals surface area contributed by atoms with Crippen molar-refractivity contribution in [1.29, 1.82) is 0 Å². The Bertz CT molecular complexity index is 1060. The molecular weight excluding hydrogens is 449 g/mol. The van der Waals surface area contributed by atoms with Gasteiger partial charge >= 0.3 is 6.09 Å². The Balaban J connectivity index is 1.81. The number of carbonyl (C=O) groups excluding carboxylic acids is 3. The molecule has 0 aliphatic carbocycles. The summed E-state index contributed by atoms with van der Waals surface area (Å²) >= 11 is 0. The lowest BCUT2D eigenvalue weighted by molar-refractivity contribution is -0.129. The van der Waals surface area contributed by atoms with E-state index >= 15 is 0 Å². The summed E-state index contributed by atoms with van der Waals surface area (Å²) in [6, 6.07) is 11.6. The van der Waals surface area contributed by atoms with Crippen molar-refractivity contribution in [3.05, 3.63) is 65.5 Å². The van der Waals surface area contributed by atoms with E-state index in [1.54, 1.807) is 37.8 Å². The van der Waals surface area contributed by atoms with Gasteiger partial charge in [0.05, 0.1) is 0 Å². The third-order valence-corrected chi connectivity index (χ3v) is 5.68. The summed E-state index contributed by atoms with van der Waals surface area (Å²) < 4.78 is 18.7. The highest BCUT2D eigenvalue weighted by Crippen LogP contribution is 2.28. The fourth-order valence-corrected chi connectivity index (χ4v) is 4.12. The van der Waals surface area contributed by atoms with E-state index in [0.717, 1.165) is 11.3 Å². The number of halogens is 1. The van der Waals surface area contributed by atoms with E-state index in [2.05, 4.69) is 10.6 Å². The van der Waals surface area contributed by atoms with Gasteiger partial charge in [-0.2, -0.15) is 0 Å². The zero-order valence-electron chi connectivity index (χ0n) is 20.9. The van der Waals surface area contributed by atoms with Crippen LogP contribution in [0.25, 0.3) is 0 Å². The SMILES string of the molecule is CC(C)N1C(=O)C(NC(=O)C(Cc2ccc(F)cc2)NC(=O)OC(C)(C)C)CCc2ccccc21. The largest absolute Gasteiger partial charge is 0.444 e. The molecule has 7 nitrogen and oxygen atoms in total. The number of para-hydroxylation sites is 1. The van der Waals surface area contributed by atoms with E-state index in [1.807, 2.05) is 38.1 Å². The smallest absolute Gasteiger partial charge is 0.408 e. The number of alkyl carbamates (subject to hydrolysis) is 1. The zero-order valence-corrected chi connectivity index (χ0v) is 20.9. The number of benzene rings is 2. The van der Waals surface area contributed by atoms with Crippen LogP contribution in [0.4, 0.5) is 14.9 Å². The quantitative estimate of drug-likeness (QED) is 0.647. The summed E-state index contributed by atoms with van der Waals surface area (Å²) in [5, 5.41) is 5.47. The van der Waals surface area contributed by atoms with Crippen LogP contribution in [0.1, 0.15) is 52.2 Å². The molecule has 0 radical (unpaired) electrons. The van der Waals surface area contributed by atoms with Gasteiger partial charge in [0.15, 0.2) is 0 Å². The maximum Gasteiger partial charge on any atom is 0.408 e. The second-order valence-electron chi connectivity index (χ2n) is 10.1. The number of carbonyl (C=O) groups is 3. The van der Waals surface area contributed by atoms with Crippen molar-refractivity contribution in [2.24, 2.45) is 0 Å². The van der Waals surface area contributed by atoms with E-state index in [4.69, 9.17) is 4.74 Å². The fraction of sp³-hybridized carbons (Fsp3) is 0.444. The second kappa shape index (κ2) is 10.9. The predicted octanol–water partition coefficient (Wildman–Crippen LogP) is 4.13. The molecule has 0 fully saturated rings. The molecule has 2 unspecified atom stereocenters. The molecule has 8 heteroatoms. The minimum absolute atomic E-state index is 0.101. The van der Waals surface area contributed by atoms with Crippen LogP contribution in [0, 0.1) is 5.82 Å². The molecule has 0 aromatic heterocycles. The van der Waals surface area contributed by atoms with Crippen LogP contribution in [0.5, 0.6) is 0 Å². The molecule has 3 rings (SSSR count). The summed E-state index contributed by atoms with van der Waals surface area (Å²) in [5.41, 5.74) is 1.80. The van der Waals surface area contributed by atoms with Crippen molar-refractivity contribution in [3.63, 3.8) is 0 Å². The lowest BCUT2D eigenvalue weighted by atomic mass is 10.0. The van der Waals surface area contributed by atoms with Gasteiger partial charge in [-0.15, -0.1) is 0 Å². The number of nitrogens with zero attached hydrogens (tertiary/aromatic N) is 1. The Morgan fingerprint density at radius 3 is 2.40 bits per heavy atom. The number of fused-ring (bicyclic) bond motifs is 1. The lowest BCUT2D eigenvalue weighted by Gasteiger charge is -2.30. The van der Waals surface area contributed by atoms with Gasteiger partial charge in [-0.3, -0.25) is 9.59 Å². The molecule has 1 heterocycles. The molecule has 2 aromatic rings. The molecule has 1 aliphatic heterocycles. The molecule has 188 valence electrons. The van der Waals surface area contributed by atoms with Crippen LogP contribution in [0.15, 0.2) is 48.5 Å². The molecule has 2 N–H and O–H groups in total. The molecule has 3 amide bonds. The standard InChI is InChI=1S/C27H34FN3O4/c1-17(2)31-23-9-7-6-8-19(23)12-15-21(25(31)33)29-24(32)22(30-26(34)35-27(3,4)5)16-18-10-13-20(28)14-11-18/h6-11,13-14,17,21-22H,12,15-16H2,1-5H3,(H,29,32)(H,30,34). The highest BCUT2D eigenvalue weighted by molar-refractivity contribution is 6.01. The maximum atomic E-state index is 13.5. The molecule has 2 atom stereocenters. The first-order valence-corrected chi connectivity index (χ1v) is 11.9. The fourth-order valence-electron chi connectivity index (χ4n) is 4.12. The topological polar surface area (TPSA) is 87.7 Å². The summed E-state index contributed by atoms with van der Waals surface area (Å²) in [4.78, 5) is 41.0. The van der Waals surface area contributed by atoms with E-state index in [9.17, 15) is 18.8 Å². The number of amides is 3. The third-order valence-electron chi connectivity index (χ3n) is 5.68. The van der Waals surface area contributed by atoms with E-state index in [1.165, 1.54) is 12.1 Å².